The largest absolute Gasteiger partial charge is 0.276 e. The number of benzene rings is 2. The van der Waals surface area contributed by atoms with Gasteiger partial charge in [-0.2, -0.15) is 0 Å². The molecule has 0 aliphatic rings. The quantitative estimate of drug-likeness (QED) is 0.856. The molecule has 0 saturated carbocycles. The molecule has 1 amide bonds. The Hall–Kier alpha value is -1.78. The summed E-state index contributed by atoms with van der Waals surface area (Å²) in [5.74, 6) is -0.232. The van der Waals surface area contributed by atoms with E-state index in [1.165, 1.54) is 0 Å². The second kappa shape index (κ2) is 6.78. The number of carbonyl (C=O) groups excluding carboxylic acids is 1. The maximum Gasteiger partial charge on any atom is 0.276 e. The van der Waals surface area contributed by atoms with Crippen molar-refractivity contribution in [3.05, 3.63) is 60.2 Å². The third kappa shape index (κ3) is 4.92. The molecule has 0 aliphatic carbocycles. The van der Waals surface area contributed by atoms with Crippen LogP contribution in [0.15, 0.2) is 64.4 Å². The zero-order valence-corrected chi connectivity index (χ0v) is 13.2. The summed E-state index contributed by atoms with van der Waals surface area (Å²) < 4.78 is 0. The SMILES string of the molecule is CC(C)(C)ONC(=O)c1ccccc1Sc1ccccc1. The summed E-state index contributed by atoms with van der Waals surface area (Å²) in [6.45, 7) is 5.66. The zero-order valence-electron chi connectivity index (χ0n) is 12.4. The van der Waals surface area contributed by atoms with Crippen LogP contribution in [0.3, 0.4) is 0 Å². The van der Waals surface area contributed by atoms with Crippen LogP contribution in [-0.4, -0.2) is 11.5 Å². The van der Waals surface area contributed by atoms with Gasteiger partial charge in [0.1, 0.15) is 0 Å². The first-order chi connectivity index (χ1) is 9.96. The average Bonchev–Trinajstić information content (AvgIpc) is 2.46. The van der Waals surface area contributed by atoms with Crippen LogP contribution in [0.25, 0.3) is 0 Å². The van der Waals surface area contributed by atoms with Gasteiger partial charge in [-0.1, -0.05) is 42.1 Å². The van der Waals surface area contributed by atoms with Crippen molar-refractivity contribution in [1.29, 1.82) is 0 Å². The van der Waals surface area contributed by atoms with Gasteiger partial charge in [0.05, 0.1) is 11.2 Å². The van der Waals surface area contributed by atoms with Crippen molar-refractivity contribution in [2.45, 2.75) is 36.2 Å². The van der Waals surface area contributed by atoms with Gasteiger partial charge in [0.25, 0.3) is 5.91 Å². The normalized spacial score (nSPS) is 11.2. The van der Waals surface area contributed by atoms with E-state index in [9.17, 15) is 4.79 Å². The number of hydroxylamine groups is 1. The number of hydrogen-bond donors (Lipinski definition) is 1. The second-order valence-corrected chi connectivity index (χ2v) is 6.67. The Morgan fingerprint density at radius 3 is 2.29 bits per heavy atom. The molecular weight excluding hydrogens is 282 g/mol. The predicted molar refractivity (Wildman–Crippen MR) is 85.3 cm³/mol. The standard InChI is InChI=1S/C17H19NO2S/c1-17(2,3)20-18-16(19)14-11-7-8-12-15(14)21-13-9-5-4-6-10-13/h4-12H,1-3H3,(H,18,19). The van der Waals surface area contributed by atoms with Crippen molar-refractivity contribution >= 4 is 17.7 Å². The molecule has 110 valence electrons. The van der Waals surface area contributed by atoms with Gasteiger partial charge in [-0.3, -0.25) is 9.63 Å². The Bertz CT molecular complexity index is 606. The van der Waals surface area contributed by atoms with E-state index < -0.39 is 5.60 Å². The van der Waals surface area contributed by atoms with Crippen LogP contribution < -0.4 is 5.48 Å². The fourth-order valence-electron chi connectivity index (χ4n) is 1.61. The van der Waals surface area contributed by atoms with E-state index >= 15 is 0 Å². The van der Waals surface area contributed by atoms with E-state index in [2.05, 4.69) is 5.48 Å². The van der Waals surface area contributed by atoms with Gasteiger partial charge in [0.15, 0.2) is 0 Å². The van der Waals surface area contributed by atoms with Gasteiger partial charge in [-0.25, -0.2) is 5.48 Å². The Balaban J connectivity index is 2.15. The molecule has 2 aromatic rings. The molecule has 2 aromatic carbocycles. The van der Waals surface area contributed by atoms with Gasteiger partial charge < -0.3 is 0 Å². The maximum absolute atomic E-state index is 12.3. The number of carbonyl (C=O) groups is 1. The highest BCUT2D eigenvalue weighted by Crippen LogP contribution is 2.30. The van der Waals surface area contributed by atoms with E-state index in [4.69, 9.17) is 4.84 Å². The van der Waals surface area contributed by atoms with Crippen LogP contribution >= 0.6 is 11.8 Å². The first kappa shape index (κ1) is 15.6. The molecule has 1 N–H and O–H groups in total. The molecule has 2 rings (SSSR count). The van der Waals surface area contributed by atoms with Crippen molar-refractivity contribution in [2.24, 2.45) is 0 Å². The third-order valence-corrected chi connectivity index (χ3v) is 3.64. The Kier molecular flexibility index (Phi) is 5.04. The third-order valence-electron chi connectivity index (χ3n) is 2.55. The van der Waals surface area contributed by atoms with E-state index in [1.54, 1.807) is 17.8 Å². The van der Waals surface area contributed by atoms with E-state index in [0.29, 0.717) is 5.56 Å². The fraction of sp³-hybridized carbons (Fsp3) is 0.235. The molecular formula is C17H19NO2S. The molecule has 3 nitrogen and oxygen atoms in total. The smallest absolute Gasteiger partial charge is 0.268 e. The summed E-state index contributed by atoms with van der Waals surface area (Å²) in [5, 5.41) is 0. The lowest BCUT2D eigenvalue weighted by Crippen LogP contribution is -2.33. The maximum atomic E-state index is 12.3. The first-order valence-corrected chi connectivity index (χ1v) is 7.58. The van der Waals surface area contributed by atoms with Crippen molar-refractivity contribution in [3.63, 3.8) is 0 Å². The first-order valence-electron chi connectivity index (χ1n) is 6.76. The van der Waals surface area contributed by atoms with E-state index in [1.807, 2.05) is 69.3 Å². The molecule has 4 heteroatoms. The average molecular weight is 301 g/mol. The molecule has 0 aromatic heterocycles. The summed E-state index contributed by atoms with van der Waals surface area (Å²) in [5.41, 5.74) is 2.70. The molecule has 0 radical (unpaired) electrons. The highest BCUT2D eigenvalue weighted by atomic mass is 32.2. The van der Waals surface area contributed by atoms with Gasteiger partial charge in [-0.05, 0) is 45.0 Å². The lowest BCUT2D eigenvalue weighted by molar-refractivity contribution is -0.0590. The summed E-state index contributed by atoms with van der Waals surface area (Å²) in [7, 11) is 0. The van der Waals surface area contributed by atoms with Gasteiger partial charge in [0, 0.05) is 9.79 Å². The molecule has 0 unspecified atom stereocenters. The summed E-state index contributed by atoms with van der Waals surface area (Å²) >= 11 is 1.56. The van der Waals surface area contributed by atoms with Crippen molar-refractivity contribution in [2.75, 3.05) is 0 Å². The van der Waals surface area contributed by atoms with Crippen molar-refractivity contribution in [3.8, 4) is 0 Å². The van der Waals surface area contributed by atoms with Crippen molar-refractivity contribution in [1.82, 2.24) is 5.48 Å². The number of nitrogens with one attached hydrogen (secondary N) is 1. The van der Waals surface area contributed by atoms with E-state index in [-0.39, 0.29) is 5.91 Å². The highest BCUT2D eigenvalue weighted by molar-refractivity contribution is 7.99. The predicted octanol–water partition coefficient (Wildman–Crippen LogP) is 4.30. The Morgan fingerprint density at radius 1 is 1.00 bits per heavy atom. The number of rotatable bonds is 4. The minimum atomic E-state index is -0.419. The van der Waals surface area contributed by atoms with E-state index in [0.717, 1.165) is 9.79 Å². The minimum absolute atomic E-state index is 0.232. The molecule has 0 spiro atoms. The fourth-order valence-corrected chi connectivity index (χ4v) is 2.58. The lowest BCUT2D eigenvalue weighted by Gasteiger charge is -2.19. The molecule has 0 heterocycles. The van der Waals surface area contributed by atoms with Gasteiger partial charge in [0.2, 0.25) is 0 Å². The zero-order chi connectivity index (χ0) is 15.3. The molecule has 21 heavy (non-hydrogen) atoms. The van der Waals surface area contributed by atoms with Gasteiger partial charge in [-0.15, -0.1) is 0 Å². The van der Waals surface area contributed by atoms with Crippen LogP contribution in [0.2, 0.25) is 0 Å². The lowest BCUT2D eigenvalue weighted by atomic mass is 10.2. The number of hydrogen-bond acceptors (Lipinski definition) is 3. The summed E-state index contributed by atoms with van der Waals surface area (Å²) in [4.78, 5) is 19.6. The summed E-state index contributed by atoms with van der Waals surface area (Å²) in [6.07, 6.45) is 0. The molecule has 0 atom stereocenters. The Morgan fingerprint density at radius 2 is 1.62 bits per heavy atom. The second-order valence-electron chi connectivity index (χ2n) is 5.56. The molecule has 0 saturated heterocycles. The van der Waals surface area contributed by atoms with Crippen LogP contribution in [-0.2, 0) is 4.84 Å². The summed E-state index contributed by atoms with van der Waals surface area (Å²) in [6, 6.07) is 17.5. The van der Waals surface area contributed by atoms with Crippen molar-refractivity contribution < 1.29 is 9.63 Å². The van der Waals surface area contributed by atoms with Crippen LogP contribution in [0.4, 0.5) is 0 Å². The minimum Gasteiger partial charge on any atom is -0.268 e. The van der Waals surface area contributed by atoms with Crippen LogP contribution in [0.1, 0.15) is 31.1 Å². The highest BCUT2D eigenvalue weighted by Gasteiger charge is 2.16. The molecule has 0 aliphatic heterocycles. The van der Waals surface area contributed by atoms with Gasteiger partial charge >= 0.3 is 0 Å². The Labute approximate surface area is 129 Å². The number of amides is 1. The van der Waals surface area contributed by atoms with Crippen LogP contribution in [0, 0.1) is 0 Å². The monoisotopic (exact) mass is 301 g/mol. The molecule has 0 fully saturated rings. The van der Waals surface area contributed by atoms with Crippen LogP contribution in [0.5, 0.6) is 0 Å². The topological polar surface area (TPSA) is 38.3 Å². The molecule has 0 bridgehead atoms.